The first kappa shape index (κ1) is 20.5. The van der Waals surface area contributed by atoms with Crippen molar-refractivity contribution in [3.8, 4) is 10.8 Å². The summed E-state index contributed by atoms with van der Waals surface area (Å²) < 4.78 is 2.57. The predicted molar refractivity (Wildman–Crippen MR) is 113 cm³/mol. The summed E-state index contributed by atoms with van der Waals surface area (Å²) in [5, 5.41) is 19.7. The second kappa shape index (κ2) is 8.28. The maximum atomic E-state index is 9.84. The molecule has 0 spiro atoms. The van der Waals surface area contributed by atoms with E-state index < -0.39 is 0 Å². The number of aromatic nitrogens is 4. The van der Waals surface area contributed by atoms with Gasteiger partial charge in [0.2, 0.25) is 5.13 Å². The lowest BCUT2D eigenvalue weighted by molar-refractivity contribution is 0.474. The van der Waals surface area contributed by atoms with Gasteiger partial charge in [-0.2, -0.15) is 10.2 Å². The molecule has 0 fully saturated rings. The van der Waals surface area contributed by atoms with E-state index in [1.165, 1.54) is 17.7 Å². The number of anilines is 1. The normalized spacial score (nSPS) is 11.5. The Labute approximate surface area is 174 Å². The molecule has 0 radical (unpaired) electrons. The number of nitrogens with zero attached hydrogens (tertiary/aromatic N) is 5. The molecule has 3 aromatic rings. The highest BCUT2D eigenvalue weighted by Crippen LogP contribution is 2.34. The number of phenols is 1. The molecule has 0 atom stereocenters. The lowest BCUT2D eigenvalue weighted by Crippen LogP contribution is -2.15. The van der Waals surface area contributed by atoms with Crippen molar-refractivity contribution in [1.82, 2.24) is 19.7 Å². The molecule has 0 amide bonds. The van der Waals surface area contributed by atoms with Crippen molar-refractivity contribution in [2.45, 2.75) is 26.2 Å². The van der Waals surface area contributed by atoms with Crippen LogP contribution >= 0.6 is 44.2 Å². The van der Waals surface area contributed by atoms with Gasteiger partial charge in [0.05, 0.1) is 11.9 Å². The Kier molecular flexibility index (Phi) is 6.53. The van der Waals surface area contributed by atoms with Gasteiger partial charge >= 0.3 is 0 Å². The number of aromatic hydroxyl groups is 1. The van der Waals surface area contributed by atoms with Crippen LogP contribution in [-0.4, -0.2) is 31.1 Å². The minimum absolute atomic E-state index is 0. The van der Waals surface area contributed by atoms with Crippen molar-refractivity contribution in [1.29, 1.82) is 0 Å². The fourth-order valence-corrected chi connectivity index (χ4v) is 3.54. The lowest BCUT2D eigenvalue weighted by atomic mass is 9.92. The maximum absolute atomic E-state index is 9.84. The Hall–Kier alpha value is -1.78. The van der Waals surface area contributed by atoms with Gasteiger partial charge in [0.25, 0.3) is 0 Å². The Morgan fingerprint density at radius 2 is 2.12 bits per heavy atom. The van der Waals surface area contributed by atoms with Crippen LogP contribution in [-0.2, 0) is 5.41 Å². The van der Waals surface area contributed by atoms with Crippen molar-refractivity contribution in [3.63, 3.8) is 0 Å². The molecular formula is C16H18Br2N6OS. The first-order chi connectivity index (χ1) is 11.8. The molecule has 138 valence electrons. The van der Waals surface area contributed by atoms with Crippen LogP contribution in [0.5, 0.6) is 5.75 Å². The molecule has 26 heavy (non-hydrogen) atoms. The number of hydrogen-bond donors (Lipinski definition) is 2. The summed E-state index contributed by atoms with van der Waals surface area (Å²) in [6, 6.07) is 5.15. The minimum atomic E-state index is -0.149. The Morgan fingerprint density at radius 1 is 1.35 bits per heavy atom. The molecule has 1 aromatic carbocycles. The highest BCUT2D eigenvalue weighted by Gasteiger charge is 2.24. The van der Waals surface area contributed by atoms with Crippen LogP contribution in [0.2, 0.25) is 0 Å². The van der Waals surface area contributed by atoms with E-state index in [2.05, 4.69) is 62.3 Å². The number of hydrazone groups is 1. The second-order valence-electron chi connectivity index (χ2n) is 6.34. The fourth-order valence-electron chi connectivity index (χ4n) is 2.10. The van der Waals surface area contributed by atoms with E-state index in [0.717, 1.165) is 15.2 Å². The number of halogens is 2. The van der Waals surface area contributed by atoms with E-state index in [4.69, 9.17) is 0 Å². The largest absolute Gasteiger partial charge is 0.507 e. The van der Waals surface area contributed by atoms with Crippen LogP contribution in [0.4, 0.5) is 5.13 Å². The van der Waals surface area contributed by atoms with Gasteiger partial charge in [-0.1, -0.05) is 48.0 Å². The molecule has 3 rings (SSSR count). The van der Waals surface area contributed by atoms with Crippen molar-refractivity contribution >= 4 is 55.6 Å². The summed E-state index contributed by atoms with van der Waals surface area (Å²) in [5.41, 5.74) is 4.29. The molecule has 7 nitrogen and oxygen atoms in total. The van der Waals surface area contributed by atoms with Crippen molar-refractivity contribution in [3.05, 3.63) is 46.6 Å². The van der Waals surface area contributed by atoms with E-state index in [1.807, 2.05) is 0 Å². The number of nitrogens with one attached hydrogen (secondary N) is 1. The summed E-state index contributed by atoms with van der Waals surface area (Å²) in [7, 11) is 0. The van der Waals surface area contributed by atoms with Crippen LogP contribution < -0.4 is 5.43 Å². The minimum Gasteiger partial charge on any atom is -0.507 e. The van der Waals surface area contributed by atoms with E-state index in [-0.39, 0.29) is 28.1 Å². The van der Waals surface area contributed by atoms with Crippen molar-refractivity contribution in [2.75, 3.05) is 5.43 Å². The number of benzene rings is 1. The quantitative estimate of drug-likeness (QED) is 0.405. The standard InChI is InChI=1S/C16H17BrN6OS.BrH/c1-16(2,3)13-14(23-9-18-8-20-23)25-15(21-13)22-19-7-10-6-11(17)4-5-12(10)24;/h4-9,24H,1-3H3,(H,21,22);1H/b19-7+;. The zero-order valence-electron chi connectivity index (χ0n) is 14.3. The van der Waals surface area contributed by atoms with Gasteiger partial charge in [0.15, 0.2) is 0 Å². The molecule has 0 bridgehead atoms. The molecular weight excluding hydrogens is 484 g/mol. The van der Waals surface area contributed by atoms with Gasteiger partial charge < -0.3 is 5.11 Å². The van der Waals surface area contributed by atoms with E-state index in [9.17, 15) is 5.11 Å². The lowest BCUT2D eigenvalue weighted by Gasteiger charge is -2.16. The molecule has 2 N–H and O–H groups in total. The average Bonchev–Trinajstić information content (AvgIpc) is 3.19. The molecule has 0 unspecified atom stereocenters. The van der Waals surface area contributed by atoms with Crippen molar-refractivity contribution < 1.29 is 5.11 Å². The van der Waals surface area contributed by atoms with Gasteiger partial charge in [0, 0.05) is 15.5 Å². The van der Waals surface area contributed by atoms with E-state index in [0.29, 0.717) is 10.7 Å². The third-order valence-electron chi connectivity index (χ3n) is 3.30. The number of thiazole rings is 1. The monoisotopic (exact) mass is 500 g/mol. The van der Waals surface area contributed by atoms with Gasteiger partial charge in [-0.3, -0.25) is 5.43 Å². The highest BCUT2D eigenvalue weighted by molar-refractivity contribution is 9.10. The smallest absolute Gasteiger partial charge is 0.205 e. The Morgan fingerprint density at radius 3 is 2.77 bits per heavy atom. The zero-order chi connectivity index (χ0) is 18.0. The predicted octanol–water partition coefficient (Wildman–Crippen LogP) is 4.51. The van der Waals surface area contributed by atoms with E-state index in [1.54, 1.807) is 35.4 Å². The topological polar surface area (TPSA) is 88.2 Å². The van der Waals surface area contributed by atoms with Crippen molar-refractivity contribution in [2.24, 2.45) is 5.10 Å². The van der Waals surface area contributed by atoms with Gasteiger partial charge in [-0.15, -0.1) is 17.0 Å². The third kappa shape index (κ3) is 4.68. The zero-order valence-corrected chi connectivity index (χ0v) is 18.5. The summed E-state index contributed by atoms with van der Waals surface area (Å²) >= 11 is 4.81. The van der Waals surface area contributed by atoms with Gasteiger partial charge in [-0.25, -0.2) is 14.6 Å². The van der Waals surface area contributed by atoms with Crippen LogP contribution in [0.25, 0.3) is 5.00 Å². The summed E-state index contributed by atoms with van der Waals surface area (Å²) in [4.78, 5) is 8.64. The number of rotatable bonds is 4. The second-order valence-corrected chi connectivity index (χ2v) is 8.23. The fraction of sp³-hybridized carbons (Fsp3) is 0.250. The Bertz CT molecular complexity index is 902. The molecule has 0 saturated carbocycles. The molecule has 2 heterocycles. The van der Waals surface area contributed by atoms with E-state index >= 15 is 0 Å². The third-order valence-corrected chi connectivity index (χ3v) is 4.74. The number of hydrogen-bond acceptors (Lipinski definition) is 7. The Balaban J connectivity index is 0.00000243. The summed E-state index contributed by atoms with van der Waals surface area (Å²) in [5.74, 6) is 0.159. The van der Waals surface area contributed by atoms with Crippen LogP contribution in [0, 0.1) is 0 Å². The molecule has 0 saturated heterocycles. The highest BCUT2D eigenvalue weighted by atomic mass is 79.9. The number of phenolic OH excluding ortho intramolecular Hbond substituents is 1. The summed E-state index contributed by atoms with van der Waals surface area (Å²) in [6.45, 7) is 6.28. The SMILES string of the molecule is Br.CC(C)(C)c1nc(N/N=C/c2cc(Br)ccc2O)sc1-n1cncn1. The first-order valence-corrected chi connectivity index (χ1v) is 9.09. The molecule has 0 aliphatic heterocycles. The van der Waals surface area contributed by atoms with Gasteiger partial charge in [-0.05, 0) is 18.2 Å². The van der Waals surface area contributed by atoms with Crippen LogP contribution in [0.3, 0.4) is 0 Å². The molecule has 2 aromatic heterocycles. The first-order valence-electron chi connectivity index (χ1n) is 7.48. The molecule has 0 aliphatic carbocycles. The molecule has 0 aliphatic rings. The maximum Gasteiger partial charge on any atom is 0.205 e. The summed E-state index contributed by atoms with van der Waals surface area (Å²) in [6.07, 6.45) is 4.69. The van der Waals surface area contributed by atoms with Crippen LogP contribution in [0.15, 0.2) is 40.4 Å². The average molecular weight is 502 g/mol. The van der Waals surface area contributed by atoms with Crippen LogP contribution in [0.1, 0.15) is 32.0 Å². The molecule has 10 heteroatoms. The van der Waals surface area contributed by atoms with Gasteiger partial charge in [0.1, 0.15) is 23.4 Å².